The van der Waals surface area contributed by atoms with E-state index in [0.717, 1.165) is 22.3 Å². The van der Waals surface area contributed by atoms with Crippen LogP contribution in [0.5, 0.6) is 34.5 Å². The number of ether oxygens (including phenoxy) is 2. The van der Waals surface area contributed by atoms with Crippen LogP contribution in [0.15, 0.2) is 109 Å². The van der Waals surface area contributed by atoms with Gasteiger partial charge in [0.1, 0.15) is 35.1 Å². The molecule has 0 atom stereocenters. The smallest absolute Gasteiger partial charge is 0.198 e. The van der Waals surface area contributed by atoms with Gasteiger partial charge in [-0.15, -0.1) is 0 Å². The predicted molar refractivity (Wildman–Crippen MR) is 200 cm³/mol. The molecule has 0 saturated carbocycles. The highest BCUT2D eigenvalue weighted by Gasteiger charge is 2.12. The number of hydrogen-bond acceptors (Lipinski definition) is 10. The van der Waals surface area contributed by atoms with E-state index >= 15 is 0 Å². The van der Waals surface area contributed by atoms with E-state index in [9.17, 15) is 15.5 Å². The van der Waals surface area contributed by atoms with Gasteiger partial charge in [-0.05, 0) is 101 Å². The van der Waals surface area contributed by atoms with Crippen molar-refractivity contribution in [2.75, 3.05) is 22.9 Å². The van der Waals surface area contributed by atoms with Gasteiger partial charge in [-0.2, -0.15) is 10.5 Å². The number of nitriles is 2. The van der Waals surface area contributed by atoms with Crippen LogP contribution in [0.3, 0.4) is 0 Å². The minimum absolute atomic E-state index is 0.0221. The summed E-state index contributed by atoms with van der Waals surface area (Å²) in [5.41, 5.74) is 28.6. The zero-order valence-corrected chi connectivity index (χ0v) is 27.2. The summed E-state index contributed by atoms with van der Waals surface area (Å²) >= 11 is 0. The fraction of sp³-hybridized carbons (Fsp3) is 0. The second-order valence-electron chi connectivity index (χ2n) is 11.1. The zero-order valence-electron chi connectivity index (χ0n) is 27.2. The molecule has 0 aromatic heterocycles. The first kappa shape index (κ1) is 35.0. The van der Waals surface area contributed by atoms with Gasteiger partial charge < -0.3 is 42.6 Å². The summed E-state index contributed by atoms with van der Waals surface area (Å²) < 4.78 is 11.8. The molecule has 0 radical (unpaired) electrons. The topological polar surface area (TPSA) is 219 Å². The number of rotatable bonds is 6. The molecule has 6 rings (SSSR count). The molecular weight excluding hydrogens is 656 g/mol. The van der Waals surface area contributed by atoms with Gasteiger partial charge in [0.25, 0.3) is 0 Å². The summed E-state index contributed by atoms with van der Waals surface area (Å²) in [4.78, 5) is 6.70. The minimum Gasteiger partial charge on any atom is -0.506 e. The van der Waals surface area contributed by atoms with Crippen molar-refractivity contribution >= 4 is 34.1 Å². The largest absolute Gasteiger partial charge is 0.506 e. The molecule has 0 fully saturated rings. The summed E-state index contributed by atoms with van der Waals surface area (Å²) in [5, 5.41) is 37.3. The number of nitrogens with zero attached hydrogens (tertiary/aromatic N) is 4. The molecule has 6 aromatic carbocycles. The summed E-state index contributed by atoms with van der Waals surface area (Å²) in [6.45, 7) is 14.4. The van der Waals surface area contributed by atoms with Gasteiger partial charge in [0.05, 0.1) is 47.0 Å². The van der Waals surface area contributed by atoms with Crippen LogP contribution in [0.4, 0.5) is 34.1 Å². The van der Waals surface area contributed by atoms with Gasteiger partial charge in [0.2, 0.25) is 0 Å². The Hall–Kier alpha value is -8.32. The van der Waals surface area contributed by atoms with Crippen molar-refractivity contribution in [2.24, 2.45) is 0 Å². The van der Waals surface area contributed by atoms with Gasteiger partial charge in [0, 0.05) is 0 Å². The van der Waals surface area contributed by atoms with Crippen molar-refractivity contribution in [1.82, 2.24) is 0 Å². The molecule has 0 bridgehead atoms. The Labute approximate surface area is 298 Å². The summed E-state index contributed by atoms with van der Waals surface area (Å²) in [7, 11) is 0. The van der Waals surface area contributed by atoms with Gasteiger partial charge in [-0.25, -0.2) is 4.85 Å². The second-order valence-corrected chi connectivity index (χ2v) is 11.1. The highest BCUT2D eigenvalue weighted by molar-refractivity contribution is 5.76. The van der Waals surface area contributed by atoms with E-state index in [1.165, 1.54) is 24.3 Å². The molecule has 0 unspecified atom stereocenters. The van der Waals surface area contributed by atoms with Crippen LogP contribution in [0.2, 0.25) is 0 Å². The molecule has 0 heterocycles. The molecule has 0 spiro atoms. The van der Waals surface area contributed by atoms with Crippen LogP contribution in [0.1, 0.15) is 11.1 Å². The SMILES string of the molecule is Nc1ccc(-c2ccc(N)c(O)c2)cc1O.[C-]#[N+]c1ccc(Oc2cc(-c3ccc(N)c(Oc4ccc(C#N)c(C#N)c4)c3)ccc2N)cc1[N+]#[C-]. The Balaban J connectivity index is 0.000000272. The summed E-state index contributed by atoms with van der Waals surface area (Å²) in [6.07, 6.45) is 0. The fourth-order valence-corrected chi connectivity index (χ4v) is 4.83. The van der Waals surface area contributed by atoms with E-state index in [1.807, 2.05) is 24.3 Å². The standard InChI is InChI=1S/C28H16N6O2.C12H12N2O2/c1-33-25-10-7-22(14-26(25)34-2)36-28-13-18(5-9-24(28)32)17-4-8-23(31)27(12-17)35-21-6-3-19(15-29)20(11-21)16-30;13-9-3-1-7(5-11(9)15)8-2-4-10(14)12(16)6-8/h3-14H,31-32H2;1-6,15-16H,13-14H2. The maximum atomic E-state index is 9.47. The lowest BCUT2D eigenvalue weighted by atomic mass is 10.0. The Morgan fingerprint density at radius 1 is 0.481 bits per heavy atom. The van der Waals surface area contributed by atoms with Gasteiger partial charge >= 0.3 is 0 Å². The van der Waals surface area contributed by atoms with Gasteiger partial charge in [-0.3, -0.25) is 4.85 Å². The number of nitrogen functional groups attached to an aromatic ring is 4. The van der Waals surface area contributed by atoms with Crippen molar-refractivity contribution in [2.45, 2.75) is 0 Å². The number of benzene rings is 6. The highest BCUT2D eigenvalue weighted by atomic mass is 16.5. The maximum absolute atomic E-state index is 9.47. The summed E-state index contributed by atoms with van der Waals surface area (Å²) in [6, 6.07) is 33.5. The molecule has 252 valence electrons. The van der Waals surface area contributed by atoms with E-state index in [4.69, 9.17) is 50.8 Å². The maximum Gasteiger partial charge on any atom is 0.198 e. The Kier molecular flexibility index (Phi) is 10.3. The molecule has 0 amide bonds. The minimum atomic E-state index is 0.0221. The van der Waals surface area contributed by atoms with E-state index < -0.39 is 0 Å². The highest BCUT2D eigenvalue weighted by Crippen LogP contribution is 2.39. The number of phenols is 2. The molecule has 12 nitrogen and oxygen atoms in total. The molecule has 10 N–H and O–H groups in total. The lowest BCUT2D eigenvalue weighted by Crippen LogP contribution is -1.95. The quantitative estimate of drug-likeness (QED) is 0.0555. The lowest BCUT2D eigenvalue weighted by Gasteiger charge is -2.14. The zero-order chi connectivity index (χ0) is 37.4. The number of phenolic OH excluding ortho intramolecular Hbond substituents is 2. The molecule has 52 heavy (non-hydrogen) atoms. The third-order valence-electron chi connectivity index (χ3n) is 7.63. The number of hydrogen-bond donors (Lipinski definition) is 6. The number of nitrogens with two attached hydrogens (primary N) is 4. The molecule has 0 aliphatic rings. The number of anilines is 4. The monoisotopic (exact) mass is 684 g/mol. The molecule has 0 aliphatic heterocycles. The van der Waals surface area contributed by atoms with Crippen LogP contribution in [0.25, 0.3) is 31.9 Å². The van der Waals surface area contributed by atoms with E-state index in [0.29, 0.717) is 45.7 Å². The first-order chi connectivity index (χ1) is 25.0. The fourth-order valence-electron chi connectivity index (χ4n) is 4.83. The Bertz CT molecular complexity index is 2330. The summed E-state index contributed by atoms with van der Waals surface area (Å²) in [5.74, 6) is 1.55. The van der Waals surface area contributed by atoms with E-state index in [2.05, 4.69) is 9.69 Å². The average Bonchev–Trinajstić information content (AvgIpc) is 3.15. The van der Waals surface area contributed by atoms with Crippen molar-refractivity contribution < 1.29 is 19.7 Å². The molecule has 12 heteroatoms. The van der Waals surface area contributed by atoms with Gasteiger partial charge in [0.15, 0.2) is 22.9 Å². The van der Waals surface area contributed by atoms with E-state index in [1.54, 1.807) is 72.8 Å². The van der Waals surface area contributed by atoms with Crippen molar-refractivity contribution in [1.29, 1.82) is 10.5 Å². The first-order valence-corrected chi connectivity index (χ1v) is 15.2. The van der Waals surface area contributed by atoms with Crippen molar-refractivity contribution in [3.8, 4) is 68.9 Å². The van der Waals surface area contributed by atoms with Crippen molar-refractivity contribution in [3.05, 3.63) is 143 Å². The Morgan fingerprint density at radius 3 is 1.35 bits per heavy atom. The Morgan fingerprint density at radius 2 is 0.904 bits per heavy atom. The molecule has 0 aliphatic carbocycles. The van der Waals surface area contributed by atoms with Crippen molar-refractivity contribution in [3.63, 3.8) is 0 Å². The first-order valence-electron chi connectivity index (χ1n) is 15.2. The van der Waals surface area contributed by atoms with Crippen LogP contribution < -0.4 is 32.4 Å². The molecular formula is C40H28N8O4. The second kappa shape index (κ2) is 15.3. The average molecular weight is 685 g/mol. The van der Waals surface area contributed by atoms with Gasteiger partial charge in [-0.1, -0.05) is 30.3 Å². The normalized spacial score (nSPS) is 9.92. The van der Waals surface area contributed by atoms with Crippen LogP contribution in [-0.4, -0.2) is 10.2 Å². The molecule has 6 aromatic rings. The lowest BCUT2D eigenvalue weighted by molar-refractivity contribution is 0.477. The van der Waals surface area contributed by atoms with Crippen LogP contribution in [0, 0.1) is 35.8 Å². The number of aromatic hydroxyl groups is 2. The van der Waals surface area contributed by atoms with E-state index in [-0.39, 0.29) is 34.0 Å². The van der Waals surface area contributed by atoms with Crippen LogP contribution >= 0.6 is 0 Å². The predicted octanol–water partition coefficient (Wildman–Crippen LogP) is 8.88. The molecule has 0 saturated heterocycles. The third kappa shape index (κ3) is 7.86. The third-order valence-corrected chi connectivity index (χ3v) is 7.63. The van der Waals surface area contributed by atoms with Crippen LogP contribution in [-0.2, 0) is 0 Å².